The molecule has 0 spiro atoms. The monoisotopic (exact) mass is 261 g/mol. The number of nitrogens with zero attached hydrogens (tertiary/aromatic N) is 2. The molecule has 0 aliphatic carbocycles. The van der Waals surface area contributed by atoms with Crippen LogP contribution in [0.4, 0.5) is 14.9 Å². The number of anilines is 1. The average Bonchev–Trinajstić information content (AvgIpc) is 2.88. The number of nitrogens with one attached hydrogen (secondary N) is 1. The normalized spacial score (nSPS) is 14.1. The summed E-state index contributed by atoms with van der Waals surface area (Å²) in [5.41, 5.74) is 1.50. The molecule has 6 heteroatoms. The van der Waals surface area contributed by atoms with Gasteiger partial charge in [0.2, 0.25) is 0 Å². The van der Waals surface area contributed by atoms with Crippen molar-refractivity contribution >= 4 is 11.7 Å². The Kier molecular flexibility index (Phi) is 2.91. The SMILES string of the molecule is O=C(Nc1ccc(F)cc1)N1CCc2oncc2C1. The van der Waals surface area contributed by atoms with Gasteiger partial charge in [-0.25, -0.2) is 9.18 Å². The van der Waals surface area contributed by atoms with E-state index in [1.807, 2.05) is 0 Å². The van der Waals surface area contributed by atoms with Crippen LogP contribution in [0.15, 0.2) is 35.0 Å². The van der Waals surface area contributed by atoms with Crippen molar-refractivity contribution in [2.75, 3.05) is 11.9 Å². The molecule has 0 saturated heterocycles. The van der Waals surface area contributed by atoms with Gasteiger partial charge in [-0.05, 0) is 24.3 Å². The Labute approximate surface area is 109 Å². The number of amides is 2. The molecule has 98 valence electrons. The molecule has 2 aromatic rings. The van der Waals surface area contributed by atoms with E-state index in [0.29, 0.717) is 25.2 Å². The van der Waals surface area contributed by atoms with Crippen molar-refractivity contribution in [1.82, 2.24) is 10.1 Å². The minimum Gasteiger partial charge on any atom is -0.361 e. The standard InChI is InChI=1S/C13H12FN3O2/c14-10-1-3-11(4-2-10)16-13(18)17-6-5-12-9(8-17)7-15-19-12/h1-4,7H,5-6,8H2,(H,16,18). The highest BCUT2D eigenvalue weighted by Gasteiger charge is 2.23. The molecule has 0 bridgehead atoms. The van der Waals surface area contributed by atoms with Crippen LogP contribution in [-0.4, -0.2) is 22.6 Å². The second-order valence-corrected chi connectivity index (χ2v) is 4.38. The van der Waals surface area contributed by atoms with E-state index in [2.05, 4.69) is 10.5 Å². The molecule has 5 nitrogen and oxygen atoms in total. The molecule has 19 heavy (non-hydrogen) atoms. The van der Waals surface area contributed by atoms with Gasteiger partial charge in [-0.1, -0.05) is 5.16 Å². The molecule has 1 aliphatic heterocycles. The zero-order valence-electron chi connectivity index (χ0n) is 10.1. The Morgan fingerprint density at radius 2 is 2.16 bits per heavy atom. The summed E-state index contributed by atoms with van der Waals surface area (Å²) in [6.45, 7) is 1.06. The quantitative estimate of drug-likeness (QED) is 0.857. The van der Waals surface area contributed by atoms with E-state index in [1.165, 1.54) is 24.3 Å². The summed E-state index contributed by atoms with van der Waals surface area (Å²) in [4.78, 5) is 13.7. The number of hydrogen-bond donors (Lipinski definition) is 1. The lowest BCUT2D eigenvalue weighted by atomic mass is 10.1. The molecular formula is C13H12FN3O2. The van der Waals surface area contributed by atoms with E-state index in [9.17, 15) is 9.18 Å². The van der Waals surface area contributed by atoms with Crippen LogP contribution in [0.2, 0.25) is 0 Å². The number of aromatic nitrogens is 1. The van der Waals surface area contributed by atoms with E-state index >= 15 is 0 Å². The maximum absolute atomic E-state index is 12.8. The number of halogens is 1. The number of urea groups is 1. The Balaban J connectivity index is 1.67. The first-order valence-corrected chi connectivity index (χ1v) is 5.96. The topological polar surface area (TPSA) is 58.4 Å². The fourth-order valence-electron chi connectivity index (χ4n) is 2.05. The van der Waals surface area contributed by atoms with Crippen LogP contribution < -0.4 is 5.32 Å². The lowest BCUT2D eigenvalue weighted by Crippen LogP contribution is -2.38. The third-order valence-corrected chi connectivity index (χ3v) is 3.08. The van der Waals surface area contributed by atoms with Crippen molar-refractivity contribution in [3.8, 4) is 0 Å². The summed E-state index contributed by atoms with van der Waals surface area (Å²) in [7, 11) is 0. The number of carbonyl (C=O) groups excluding carboxylic acids is 1. The maximum atomic E-state index is 12.8. The molecule has 3 rings (SSSR count). The van der Waals surface area contributed by atoms with Gasteiger partial charge in [-0.2, -0.15) is 0 Å². The lowest BCUT2D eigenvalue weighted by Gasteiger charge is -2.25. The van der Waals surface area contributed by atoms with Crippen LogP contribution in [0, 0.1) is 5.82 Å². The second-order valence-electron chi connectivity index (χ2n) is 4.38. The fourth-order valence-corrected chi connectivity index (χ4v) is 2.05. The van der Waals surface area contributed by atoms with E-state index < -0.39 is 0 Å². The summed E-state index contributed by atoms with van der Waals surface area (Å²) >= 11 is 0. The van der Waals surface area contributed by atoms with Gasteiger partial charge < -0.3 is 14.7 Å². The molecule has 2 amide bonds. The Hall–Kier alpha value is -2.37. The highest BCUT2D eigenvalue weighted by Crippen LogP contribution is 2.19. The van der Waals surface area contributed by atoms with Gasteiger partial charge in [0.1, 0.15) is 11.6 Å². The molecule has 1 aromatic carbocycles. The van der Waals surface area contributed by atoms with E-state index in [1.54, 1.807) is 11.1 Å². The molecule has 2 heterocycles. The van der Waals surface area contributed by atoms with E-state index in [-0.39, 0.29) is 11.8 Å². The van der Waals surface area contributed by atoms with Gasteiger partial charge in [0.05, 0.1) is 12.7 Å². The lowest BCUT2D eigenvalue weighted by molar-refractivity contribution is 0.202. The summed E-state index contributed by atoms with van der Waals surface area (Å²) in [5.74, 6) is 0.510. The first kappa shape index (κ1) is 11.7. The van der Waals surface area contributed by atoms with Crippen LogP contribution in [0.25, 0.3) is 0 Å². The molecule has 0 radical (unpaired) electrons. The van der Waals surface area contributed by atoms with Crippen LogP contribution in [0.5, 0.6) is 0 Å². The predicted molar refractivity (Wildman–Crippen MR) is 66.0 cm³/mol. The largest absolute Gasteiger partial charge is 0.361 e. The van der Waals surface area contributed by atoms with Crippen molar-refractivity contribution in [3.05, 3.63) is 47.6 Å². The van der Waals surface area contributed by atoms with Gasteiger partial charge in [0, 0.05) is 24.2 Å². The molecular weight excluding hydrogens is 249 g/mol. The van der Waals surface area contributed by atoms with Crippen molar-refractivity contribution in [2.24, 2.45) is 0 Å². The zero-order valence-corrected chi connectivity index (χ0v) is 10.1. The third kappa shape index (κ3) is 2.42. The number of benzene rings is 1. The summed E-state index contributed by atoms with van der Waals surface area (Å²) in [6.07, 6.45) is 2.29. The van der Waals surface area contributed by atoms with E-state index in [4.69, 9.17) is 4.52 Å². The first-order chi connectivity index (χ1) is 9.22. The predicted octanol–water partition coefficient (Wildman–Crippen LogP) is 2.40. The number of fused-ring (bicyclic) bond motifs is 1. The molecule has 1 aliphatic rings. The fraction of sp³-hybridized carbons (Fsp3) is 0.231. The summed E-state index contributed by atoms with van der Waals surface area (Å²) < 4.78 is 17.8. The van der Waals surface area contributed by atoms with Crippen molar-refractivity contribution in [3.63, 3.8) is 0 Å². The average molecular weight is 261 g/mol. The van der Waals surface area contributed by atoms with Crippen LogP contribution >= 0.6 is 0 Å². The molecule has 0 atom stereocenters. The zero-order chi connectivity index (χ0) is 13.2. The van der Waals surface area contributed by atoms with Crippen LogP contribution in [0.1, 0.15) is 11.3 Å². The van der Waals surface area contributed by atoms with Crippen LogP contribution in [0.3, 0.4) is 0 Å². The van der Waals surface area contributed by atoms with Crippen molar-refractivity contribution < 1.29 is 13.7 Å². The van der Waals surface area contributed by atoms with Gasteiger partial charge in [-0.3, -0.25) is 0 Å². The van der Waals surface area contributed by atoms with Crippen LogP contribution in [-0.2, 0) is 13.0 Å². The Morgan fingerprint density at radius 1 is 1.37 bits per heavy atom. The highest BCUT2D eigenvalue weighted by molar-refractivity contribution is 5.89. The van der Waals surface area contributed by atoms with Crippen molar-refractivity contribution in [2.45, 2.75) is 13.0 Å². The van der Waals surface area contributed by atoms with E-state index in [0.717, 1.165) is 11.3 Å². The highest BCUT2D eigenvalue weighted by atomic mass is 19.1. The molecule has 0 fully saturated rings. The summed E-state index contributed by atoms with van der Waals surface area (Å²) in [6, 6.07) is 5.47. The Morgan fingerprint density at radius 3 is 2.95 bits per heavy atom. The Bertz CT molecular complexity index is 594. The summed E-state index contributed by atoms with van der Waals surface area (Å²) in [5, 5.41) is 6.45. The smallest absolute Gasteiger partial charge is 0.322 e. The molecule has 0 unspecified atom stereocenters. The van der Waals surface area contributed by atoms with Crippen molar-refractivity contribution in [1.29, 1.82) is 0 Å². The van der Waals surface area contributed by atoms with Gasteiger partial charge >= 0.3 is 6.03 Å². The second kappa shape index (κ2) is 4.72. The third-order valence-electron chi connectivity index (χ3n) is 3.08. The minimum absolute atomic E-state index is 0.210. The number of rotatable bonds is 1. The minimum atomic E-state index is -0.329. The molecule has 1 aromatic heterocycles. The molecule has 1 N–H and O–H groups in total. The maximum Gasteiger partial charge on any atom is 0.322 e. The first-order valence-electron chi connectivity index (χ1n) is 5.96. The molecule has 0 saturated carbocycles. The van der Waals surface area contributed by atoms with Gasteiger partial charge in [0.15, 0.2) is 0 Å². The van der Waals surface area contributed by atoms with Gasteiger partial charge in [-0.15, -0.1) is 0 Å². The number of hydrogen-bond acceptors (Lipinski definition) is 3. The van der Waals surface area contributed by atoms with Gasteiger partial charge in [0.25, 0.3) is 0 Å². The number of carbonyl (C=O) groups is 1.